The predicted octanol–water partition coefficient (Wildman–Crippen LogP) is 2.08. The summed E-state index contributed by atoms with van der Waals surface area (Å²) in [6.07, 6.45) is 0.997. The first-order chi connectivity index (χ1) is 7.68. The van der Waals surface area contributed by atoms with Crippen LogP contribution in [0.25, 0.3) is 0 Å². The third-order valence-corrected chi connectivity index (χ3v) is 3.63. The van der Waals surface area contributed by atoms with Crippen LogP contribution in [-0.2, 0) is 4.79 Å². The standard InChI is InChI=1S/C12H15BrN2O/c1-9-3-4-10(7-11(9)13)15-6-2-5-14-8-12(15)16/h3-4,7,14H,2,5-6,8H2,1H3. The van der Waals surface area contributed by atoms with E-state index in [1.54, 1.807) is 0 Å². The van der Waals surface area contributed by atoms with Crippen LogP contribution in [0.5, 0.6) is 0 Å². The molecule has 1 saturated heterocycles. The maximum atomic E-state index is 11.9. The minimum atomic E-state index is 0.147. The lowest BCUT2D eigenvalue weighted by molar-refractivity contribution is -0.117. The number of nitrogens with one attached hydrogen (secondary N) is 1. The fraction of sp³-hybridized carbons (Fsp3) is 0.417. The van der Waals surface area contributed by atoms with Crippen molar-refractivity contribution in [1.29, 1.82) is 0 Å². The summed E-state index contributed by atoms with van der Waals surface area (Å²) in [5.74, 6) is 0.147. The van der Waals surface area contributed by atoms with E-state index < -0.39 is 0 Å². The van der Waals surface area contributed by atoms with Crippen LogP contribution >= 0.6 is 15.9 Å². The van der Waals surface area contributed by atoms with Crippen LogP contribution in [0, 0.1) is 6.92 Å². The van der Waals surface area contributed by atoms with Gasteiger partial charge in [-0.3, -0.25) is 4.79 Å². The number of hydrogen-bond acceptors (Lipinski definition) is 2. The molecule has 0 spiro atoms. The molecule has 0 atom stereocenters. The normalized spacial score (nSPS) is 17.4. The Hall–Kier alpha value is -0.870. The number of aryl methyl sites for hydroxylation is 1. The predicted molar refractivity (Wildman–Crippen MR) is 68.7 cm³/mol. The van der Waals surface area contributed by atoms with Crippen LogP contribution in [0.4, 0.5) is 5.69 Å². The highest BCUT2D eigenvalue weighted by Crippen LogP contribution is 2.24. The van der Waals surface area contributed by atoms with E-state index in [9.17, 15) is 4.79 Å². The Morgan fingerprint density at radius 1 is 1.44 bits per heavy atom. The minimum Gasteiger partial charge on any atom is -0.311 e. The summed E-state index contributed by atoms with van der Waals surface area (Å²) in [7, 11) is 0. The van der Waals surface area contributed by atoms with Gasteiger partial charge in [-0.1, -0.05) is 22.0 Å². The molecule has 0 unspecified atom stereocenters. The van der Waals surface area contributed by atoms with Crippen LogP contribution in [0.3, 0.4) is 0 Å². The lowest BCUT2D eigenvalue weighted by atomic mass is 10.2. The molecule has 1 N–H and O–H groups in total. The van der Waals surface area contributed by atoms with Crippen molar-refractivity contribution in [2.24, 2.45) is 0 Å². The molecule has 0 bridgehead atoms. The number of hydrogen-bond donors (Lipinski definition) is 1. The summed E-state index contributed by atoms with van der Waals surface area (Å²) in [4.78, 5) is 13.7. The summed E-state index contributed by atoms with van der Waals surface area (Å²) in [5.41, 5.74) is 2.16. The number of anilines is 1. The summed E-state index contributed by atoms with van der Waals surface area (Å²) < 4.78 is 1.05. The Morgan fingerprint density at radius 2 is 2.25 bits per heavy atom. The first-order valence-electron chi connectivity index (χ1n) is 5.46. The lowest BCUT2D eigenvalue weighted by Gasteiger charge is -2.20. The van der Waals surface area contributed by atoms with E-state index in [1.165, 1.54) is 5.56 Å². The Morgan fingerprint density at radius 3 is 3.00 bits per heavy atom. The van der Waals surface area contributed by atoms with Gasteiger partial charge in [-0.25, -0.2) is 0 Å². The largest absolute Gasteiger partial charge is 0.311 e. The number of carbonyl (C=O) groups is 1. The van der Waals surface area contributed by atoms with Gasteiger partial charge < -0.3 is 10.2 Å². The van der Waals surface area contributed by atoms with Crippen molar-refractivity contribution in [2.75, 3.05) is 24.5 Å². The molecule has 1 amide bonds. The van der Waals surface area contributed by atoms with Crippen molar-refractivity contribution in [3.05, 3.63) is 28.2 Å². The van der Waals surface area contributed by atoms with Crippen LogP contribution in [0.1, 0.15) is 12.0 Å². The van der Waals surface area contributed by atoms with E-state index in [0.717, 1.165) is 29.7 Å². The molecule has 16 heavy (non-hydrogen) atoms. The molecule has 0 aromatic heterocycles. The lowest BCUT2D eigenvalue weighted by Crippen LogP contribution is -2.34. The quantitative estimate of drug-likeness (QED) is 0.856. The van der Waals surface area contributed by atoms with Gasteiger partial charge in [0.05, 0.1) is 6.54 Å². The number of halogens is 1. The molecule has 1 aromatic carbocycles. The van der Waals surface area contributed by atoms with Crippen molar-refractivity contribution in [3.8, 4) is 0 Å². The minimum absolute atomic E-state index is 0.147. The highest BCUT2D eigenvalue weighted by Gasteiger charge is 2.18. The molecule has 86 valence electrons. The molecular formula is C12H15BrN2O. The smallest absolute Gasteiger partial charge is 0.240 e. The van der Waals surface area contributed by atoms with Crippen molar-refractivity contribution < 1.29 is 4.79 Å². The van der Waals surface area contributed by atoms with E-state index in [2.05, 4.69) is 21.2 Å². The average Bonchev–Trinajstić information content (AvgIpc) is 2.47. The topological polar surface area (TPSA) is 32.3 Å². The van der Waals surface area contributed by atoms with Gasteiger partial charge in [0.1, 0.15) is 0 Å². The molecule has 1 aliphatic rings. The SMILES string of the molecule is Cc1ccc(N2CCCNCC2=O)cc1Br. The molecule has 3 nitrogen and oxygen atoms in total. The molecular weight excluding hydrogens is 268 g/mol. The highest BCUT2D eigenvalue weighted by atomic mass is 79.9. The van der Waals surface area contributed by atoms with Crippen LogP contribution in [0.15, 0.2) is 22.7 Å². The van der Waals surface area contributed by atoms with Gasteiger partial charge >= 0.3 is 0 Å². The molecule has 0 radical (unpaired) electrons. The van der Waals surface area contributed by atoms with Gasteiger partial charge in [0.25, 0.3) is 0 Å². The molecule has 0 aliphatic carbocycles. The zero-order chi connectivity index (χ0) is 11.5. The number of nitrogens with zero attached hydrogens (tertiary/aromatic N) is 1. The van der Waals surface area contributed by atoms with E-state index in [4.69, 9.17) is 0 Å². The number of rotatable bonds is 1. The second kappa shape index (κ2) is 4.97. The molecule has 1 fully saturated rings. The Labute approximate surface area is 104 Å². The zero-order valence-electron chi connectivity index (χ0n) is 9.29. The third-order valence-electron chi connectivity index (χ3n) is 2.78. The number of amides is 1. The number of benzene rings is 1. The zero-order valence-corrected chi connectivity index (χ0v) is 10.9. The third kappa shape index (κ3) is 2.44. The summed E-state index contributed by atoms with van der Waals surface area (Å²) >= 11 is 3.50. The summed E-state index contributed by atoms with van der Waals surface area (Å²) in [6, 6.07) is 6.05. The van der Waals surface area contributed by atoms with Gasteiger partial charge in [-0.2, -0.15) is 0 Å². The van der Waals surface area contributed by atoms with Gasteiger partial charge in [0, 0.05) is 16.7 Å². The second-order valence-electron chi connectivity index (χ2n) is 4.01. The van der Waals surface area contributed by atoms with Crippen LogP contribution < -0.4 is 10.2 Å². The monoisotopic (exact) mass is 282 g/mol. The average molecular weight is 283 g/mol. The second-order valence-corrected chi connectivity index (χ2v) is 4.86. The maximum Gasteiger partial charge on any atom is 0.240 e. The van der Waals surface area contributed by atoms with Crippen molar-refractivity contribution in [2.45, 2.75) is 13.3 Å². The van der Waals surface area contributed by atoms with Gasteiger partial charge in [-0.15, -0.1) is 0 Å². The van der Waals surface area contributed by atoms with Gasteiger partial charge in [-0.05, 0) is 37.6 Å². The van der Waals surface area contributed by atoms with Gasteiger partial charge in [0.2, 0.25) is 5.91 Å². The summed E-state index contributed by atoms with van der Waals surface area (Å²) in [5, 5.41) is 3.12. The molecule has 4 heteroatoms. The Bertz CT molecular complexity index is 406. The number of carbonyl (C=O) groups excluding carboxylic acids is 1. The Kier molecular flexibility index (Phi) is 3.61. The highest BCUT2D eigenvalue weighted by molar-refractivity contribution is 9.10. The maximum absolute atomic E-state index is 11.9. The Balaban J connectivity index is 2.27. The van der Waals surface area contributed by atoms with E-state index in [1.807, 2.05) is 30.0 Å². The fourth-order valence-corrected chi connectivity index (χ4v) is 2.17. The van der Waals surface area contributed by atoms with E-state index >= 15 is 0 Å². The van der Waals surface area contributed by atoms with Crippen molar-refractivity contribution in [3.63, 3.8) is 0 Å². The first kappa shape index (κ1) is 11.6. The molecule has 2 rings (SSSR count). The first-order valence-corrected chi connectivity index (χ1v) is 6.25. The van der Waals surface area contributed by atoms with Crippen LogP contribution in [-0.4, -0.2) is 25.5 Å². The molecule has 0 saturated carbocycles. The molecule has 1 aromatic rings. The summed E-state index contributed by atoms with van der Waals surface area (Å²) in [6.45, 7) is 4.18. The van der Waals surface area contributed by atoms with Crippen molar-refractivity contribution >= 4 is 27.5 Å². The van der Waals surface area contributed by atoms with Gasteiger partial charge in [0.15, 0.2) is 0 Å². The van der Waals surface area contributed by atoms with Crippen LogP contribution in [0.2, 0.25) is 0 Å². The fourth-order valence-electron chi connectivity index (χ4n) is 1.80. The molecule has 1 heterocycles. The van der Waals surface area contributed by atoms with E-state index in [0.29, 0.717) is 6.54 Å². The van der Waals surface area contributed by atoms with E-state index in [-0.39, 0.29) is 5.91 Å². The molecule has 1 aliphatic heterocycles. The van der Waals surface area contributed by atoms with Crippen molar-refractivity contribution in [1.82, 2.24) is 5.32 Å².